The van der Waals surface area contributed by atoms with Crippen LogP contribution < -0.4 is 15.5 Å². The summed E-state index contributed by atoms with van der Waals surface area (Å²) in [6.07, 6.45) is 2.76. The Bertz CT molecular complexity index is 827. The second-order valence-corrected chi connectivity index (χ2v) is 6.80. The minimum atomic E-state index is 0.279. The summed E-state index contributed by atoms with van der Waals surface area (Å²) >= 11 is 6.27. The lowest BCUT2D eigenvalue weighted by Crippen LogP contribution is -2.44. The summed E-state index contributed by atoms with van der Waals surface area (Å²) in [4.78, 5) is 11.3. The Kier molecular flexibility index (Phi) is 6.50. The van der Waals surface area contributed by atoms with E-state index in [2.05, 4.69) is 31.6 Å². The maximum Gasteiger partial charge on any atom is 0.191 e. The van der Waals surface area contributed by atoms with Crippen molar-refractivity contribution in [1.29, 1.82) is 5.26 Å². The number of guanidine groups is 1. The van der Waals surface area contributed by atoms with Crippen LogP contribution in [0.1, 0.15) is 24.5 Å². The summed E-state index contributed by atoms with van der Waals surface area (Å²) in [5.74, 6) is 1.63. The Morgan fingerprint density at radius 1 is 1.37 bits per heavy atom. The lowest BCUT2D eigenvalue weighted by Gasteiger charge is -2.20. The van der Waals surface area contributed by atoms with E-state index in [-0.39, 0.29) is 6.04 Å². The van der Waals surface area contributed by atoms with Gasteiger partial charge in [0.25, 0.3) is 0 Å². The van der Waals surface area contributed by atoms with Gasteiger partial charge in [-0.15, -0.1) is 0 Å². The predicted octanol–water partition coefficient (Wildman–Crippen LogP) is 2.94. The average Bonchev–Trinajstić information content (AvgIpc) is 3.15. The van der Waals surface area contributed by atoms with Gasteiger partial charge in [-0.25, -0.2) is 9.98 Å². The standard InChI is InChI=1S/C20H23ClN6/c1-2-23-20(25-13-16-7-5-15(12-22)6-8-16)26-17-9-11-27(14-17)19-18(21)4-3-10-24-19/h3-8,10,17H,2,9,11,13-14H2,1H3,(H2,23,25,26). The summed E-state index contributed by atoms with van der Waals surface area (Å²) < 4.78 is 0. The highest BCUT2D eigenvalue weighted by molar-refractivity contribution is 6.32. The number of halogens is 1. The number of aromatic nitrogens is 1. The molecule has 1 aromatic heterocycles. The molecule has 2 heterocycles. The molecule has 0 aliphatic carbocycles. The van der Waals surface area contributed by atoms with Crippen molar-refractivity contribution < 1.29 is 0 Å². The first-order valence-electron chi connectivity index (χ1n) is 9.09. The molecule has 1 saturated heterocycles. The van der Waals surface area contributed by atoms with Gasteiger partial charge in [0.15, 0.2) is 5.96 Å². The number of aliphatic imine (C=N–C) groups is 1. The molecule has 0 radical (unpaired) electrons. The highest BCUT2D eigenvalue weighted by Gasteiger charge is 2.25. The molecule has 1 aliphatic heterocycles. The van der Waals surface area contributed by atoms with E-state index < -0.39 is 0 Å². The smallest absolute Gasteiger partial charge is 0.191 e. The molecule has 1 unspecified atom stereocenters. The monoisotopic (exact) mass is 382 g/mol. The van der Waals surface area contributed by atoms with Crippen LogP contribution in [0.5, 0.6) is 0 Å². The van der Waals surface area contributed by atoms with E-state index in [0.717, 1.165) is 43.4 Å². The fraction of sp³-hybridized carbons (Fsp3) is 0.350. The average molecular weight is 383 g/mol. The van der Waals surface area contributed by atoms with E-state index in [1.54, 1.807) is 6.20 Å². The zero-order chi connectivity index (χ0) is 19.1. The zero-order valence-corrected chi connectivity index (χ0v) is 16.1. The normalized spacial score (nSPS) is 16.9. The van der Waals surface area contributed by atoms with Crippen molar-refractivity contribution in [2.75, 3.05) is 24.5 Å². The zero-order valence-electron chi connectivity index (χ0n) is 15.3. The van der Waals surface area contributed by atoms with Crippen LogP contribution in [-0.4, -0.2) is 36.6 Å². The van der Waals surface area contributed by atoms with Gasteiger partial charge in [0, 0.05) is 31.9 Å². The molecule has 1 aromatic carbocycles. The SMILES string of the molecule is CCNC(=NCc1ccc(C#N)cc1)NC1CCN(c2ncccc2Cl)C1. The molecule has 140 valence electrons. The highest BCUT2D eigenvalue weighted by atomic mass is 35.5. The number of nitriles is 1. The number of pyridine rings is 1. The summed E-state index contributed by atoms with van der Waals surface area (Å²) in [5.41, 5.74) is 1.73. The number of hydrogen-bond donors (Lipinski definition) is 2. The van der Waals surface area contributed by atoms with Crippen molar-refractivity contribution in [3.8, 4) is 6.07 Å². The van der Waals surface area contributed by atoms with Gasteiger partial charge >= 0.3 is 0 Å². The Balaban J connectivity index is 1.61. The summed E-state index contributed by atoms with van der Waals surface area (Å²) in [6, 6.07) is 13.6. The number of nitrogens with zero attached hydrogens (tertiary/aromatic N) is 4. The van der Waals surface area contributed by atoms with Crippen LogP contribution in [0, 0.1) is 11.3 Å². The summed E-state index contributed by atoms with van der Waals surface area (Å²) in [6.45, 7) is 5.14. The number of nitrogens with one attached hydrogen (secondary N) is 2. The quantitative estimate of drug-likeness (QED) is 0.614. The van der Waals surface area contributed by atoms with Gasteiger partial charge in [-0.3, -0.25) is 0 Å². The molecular weight excluding hydrogens is 360 g/mol. The van der Waals surface area contributed by atoms with Gasteiger partial charge in [-0.2, -0.15) is 5.26 Å². The van der Waals surface area contributed by atoms with Gasteiger partial charge < -0.3 is 15.5 Å². The van der Waals surface area contributed by atoms with E-state index in [0.29, 0.717) is 17.1 Å². The van der Waals surface area contributed by atoms with Crippen LogP contribution in [0.2, 0.25) is 5.02 Å². The molecule has 27 heavy (non-hydrogen) atoms. The second-order valence-electron chi connectivity index (χ2n) is 6.39. The third kappa shape index (κ3) is 5.11. The molecular formula is C20H23ClN6. The lowest BCUT2D eigenvalue weighted by molar-refractivity contribution is 0.649. The first-order valence-corrected chi connectivity index (χ1v) is 9.46. The lowest BCUT2D eigenvalue weighted by atomic mass is 10.1. The topological polar surface area (TPSA) is 76.3 Å². The molecule has 0 spiro atoms. The largest absolute Gasteiger partial charge is 0.357 e. The summed E-state index contributed by atoms with van der Waals surface area (Å²) in [5, 5.41) is 16.4. The molecule has 0 amide bonds. The predicted molar refractivity (Wildman–Crippen MR) is 109 cm³/mol. The molecule has 3 rings (SSSR count). The van der Waals surface area contributed by atoms with E-state index >= 15 is 0 Å². The molecule has 1 aliphatic rings. The van der Waals surface area contributed by atoms with E-state index in [1.807, 2.05) is 43.3 Å². The van der Waals surface area contributed by atoms with Crippen molar-refractivity contribution in [2.24, 2.45) is 4.99 Å². The minimum Gasteiger partial charge on any atom is -0.357 e. The van der Waals surface area contributed by atoms with Crippen LogP contribution in [0.4, 0.5) is 5.82 Å². The molecule has 2 aromatic rings. The molecule has 1 atom stereocenters. The maximum atomic E-state index is 8.88. The van der Waals surface area contributed by atoms with Crippen LogP contribution in [-0.2, 0) is 6.54 Å². The number of hydrogen-bond acceptors (Lipinski definition) is 4. The van der Waals surface area contributed by atoms with Gasteiger partial charge in [0.05, 0.1) is 23.2 Å². The van der Waals surface area contributed by atoms with Crippen molar-refractivity contribution in [1.82, 2.24) is 15.6 Å². The Morgan fingerprint density at radius 2 is 2.19 bits per heavy atom. The second kappa shape index (κ2) is 9.24. The molecule has 0 bridgehead atoms. The first-order chi connectivity index (χ1) is 13.2. The molecule has 6 nitrogen and oxygen atoms in total. The van der Waals surface area contributed by atoms with Crippen LogP contribution in [0.25, 0.3) is 0 Å². The highest BCUT2D eigenvalue weighted by Crippen LogP contribution is 2.25. The third-order valence-electron chi connectivity index (χ3n) is 4.41. The van der Waals surface area contributed by atoms with Gasteiger partial charge in [0.1, 0.15) is 5.82 Å². The number of anilines is 1. The van der Waals surface area contributed by atoms with Crippen molar-refractivity contribution in [3.63, 3.8) is 0 Å². The minimum absolute atomic E-state index is 0.279. The van der Waals surface area contributed by atoms with Crippen molar-refractivity contribution in [2.45, 2.75) is 25.9 Å². The Hall–Kier alpha value is -2.78. The maximum absolute atomic E-state index is 8.88. The molecule has 0 saturated carbocycles. The third-order valence-corrected chi connectivity index (χ3v) is 4.71. The Morgan fingerprint density at radius 3 is 2.89 bits per heavy atom. The number of rotatable bonds is 5. The van der Waals surface area contributed by atoms with E-state index in [1.165, 1.54) is 0 Å². The molecule has 7 heteroatoms. The Labute approximate surface area is 164 Å². The van der Waals surface area contributed by atoms with E-state index in [4.69, 9.17) is 16.9 Å². The van der Waals surface area contributed by atoms with Gasteiger partial charge in [-0.1, -0.05) is 23.7 Å². The van der Waals surface area contributed by atoms with E-state index in [9.17, 15) is 0 Å². The molecule has 2 N–H and O–H groups in total. The fourth-order valence-corrected chi connectivity index (χ4v) is 3.29. The van der Waals surface area contributed by atoms with Crippen molar-refractivity contribution >= 4 is 23.4 Å². The number of benzene rings is 1. The van der Waals surface area contributed by atoms with Crippen molar-refractivity contribution in [3.05, 3.63) is 58.7 Å². The van der Waals surface area contributed by atoms with Crippen LogP contribution in [0.3, 0.4) is 0 Å². The van der Waals surface area contributed by atoms with Crippen LogP contribution in [0.15, 0.2) is 47.6 Å². The fourth-order valence-electron chi connectivity index (χ4n) is 3.05. The molecule has 1 fully saturated rings. The van der Waals surface area contributed by atoms with Gasteiger partial charge in [0.2, 0.25) is 0 Å². The van der Waals surface area contributed by atoms with Gasteiger partial charge in [-0.05, 0) is 43.2 Å². The van der Waals surface area contributed by atoms with Crippen LogP contribution >= 0.6 is 11.6 Å². The first kappa shape index (κ1) is 19.0. The summed E-state index contributed by atoms with van der Waals surface area (Å²) in [7, 11) is 0.